The van der Waals surface area contributed by atoms with Gasteiger partial charge in [0.15, 0.2) is 0 Å². The molecule has 0 aliphatic heterocycles. The van der Waals surface area contributed by atoms with Gasteiger partial charge in [0.25, 0.3) is 0 Å². The second-order valence-electron chi connectivity index (χ2n) is 9.09. The van der Waals surface area contributed by atoms with Gasteiger partial charge in [-0.3, -0.25) is 4.79 Å². The van der Waals surface area contributed by atoms with Crippen molar-refractivity contribution in [1.29, 1.82) is 0 Å². The van der Waals surface area contributed by atoms with E-state index in [4.69, 9.17) is 23.2 Å². The third kappa shape index (κ3) is 6.96. The Hall–Kier alpha value is -3.10. The molecule has 3 amide bonds. The van der Waals surface area contributed by atoms with Crippen molar-refractivity contribution in [2.75, 3.05) is 23.7 Å². The Morgan fingerprint density at radius 3 is 2.43 bits per heavy atom. The van der Waals surface area contributed by atoms with E-state index in [-0.39, 0.29) is 12.0 Å². The molecule has 0 unspecified atom stereocenters. The molecule has 0 bridgehead atoms. The van der Waals surface area contributed by atoms with Crippen LogP contribution < -0.4 is 10.6 Å². The topological polar surface area (TPSA) is 79.3 Å². The summed E-state index contributed by atoms with van der Waals surface area (Å²) < 4.78 is 15.1. The fraction of sp³-hybridized carbons (Fsp3) is 0.320. The third-order valence-corrected chi connectivity index (χ3v) is 5.82. The summed E-state index contributed by atoms with van der Waals surface area (Å²) >= 11 is 12.3. The maximum Gasteiger partial charge on any atom is 0.322 e. The van der Waals surface area contributed by atoms with E-state index in [0.717, 1.165) is 5.69 Å². The summed E-state index contributed by atoms with van der Waals surface area (Å²) in [7, 11) is 0. The third-order valence-electron chi connectivity index (χ3n) is 5.08. The summed E-state index contributed by atoms with van der Waals surface area (Å²) in [5.74, 6) is -0.442. The van der Waals surface area contributed by atoms with E-state index in [2.05, 4.69) is 15.7 Å². The molecule has 1 heterocycles. The lowest BCUT2D eigenvalue weighted by atomic mass is 9.92. The molecular weight excluding hydrogens is 492 g/mol. The van der Waals surface area contributed by atoms with Crippen molar-refractivity contribution in [3.63, 3.8) is 0 Å². The van der Waals surface area contributed by atoms with Crippen LogP contribution in [0.25, 0.3) is 5.69 Å². The van der Waals surface area contributed by atoms with Crippen molar-refractivity contribution in [2.24, 2.45) is 0 Å². The second-order valence-corrected chi connectivity index (χ2v) is 9.90. The van der Waals surface area contributed by atoms with Crippen molar-refractivity contribution < 1.29 is 14.0 Å². The molecule has 2 N–H and O–H groups in total. The number of halogens is 3. The van der Waals surface area contributed by atoms with E-state index in [1.807, 2.05) is 27.7 Å². The number of urea groups is 1. The number of carbonyl (C=O) groups excluding carboxylic acids is 2. The van der Waals surface area contributed by atoms with Gasteiger partial charge in [-0.25, -0.2) is 13.9 Å². The Morgan fingerprint density at radius 1 is 1.06 bits per heavy atom. The van der Waals surface area contributed by atoms with E-state index in [1.54, 1.807) is 35.0 Å². The Bertz CT molecular complexity index is 1220. The van der Waals surface area contributed by atoms with Gasteiger partial charge >= 0.3 is 6.03 Å². The fourth-order valence-electron chi connectivity index (χ4n) is 3.30. The molecule has 0 spiro atoms. The maximum atomic E-state index is 13.5. The van der Waals surface area contributed by atoms with Gasteiger partial charge < -0.3 is 15.5 Å². The van der Waals surface area contributed by atoms with Crippen LogP contribution in [0.1, 0.15) is 39.8 Å². The van der Waals surface area contributed by atoms with E-state index in [9.17, 15) is 14.0 Å². The number of nitrogens with zero attached hydrogens (tertiary/aromatic N) is 3. The number of hydrogen-bond acceptors (Lipinski definition) is 3. The Balaban J connectivity index is 1.82. The van der Waals surface area contributed by atoms with Crippen LogP contribution in [0.5, 0.6) is 0 Å². The molecule has 0 aliphatic rings. The number of nitrogens with one attached hydrogen (secondary N) is 2. The molecule has 0 aliphatic carbocycles. The highest BCUT2D eigenvalue weighted by Crippen LogP contribution is 2.29. The molecule has 7 nitrogen and oxygen atoms in total. The minimum Gasteiger partial charge on any atom is -0.315 e. The van der Waals surface area contributed by atoms with Crippen molar-refractivity contribution in [2.45, 2.75) is 39.5 Å². The summed E-state index contributed by atoms with van der Waals surface area (Å²) in [5, 5.41) is 10.9. The lowest BCUT2D eigenvalue weighted by molar-refractivity contribution is -0.116. The standard InChI is InChI=1S/C25H28Cl2FN5O2/c1-5-11-32(24(35)29-17-8-6-7-16(28)12-17)15-23(34)30-22-14-21(25(2,3)4)31-33(22)18-9-10-19(26)20(27)13-18/h6-10,12-14H,5,11,15H2,1-4H3,(H,29,35)(H,30,34). The SMILES string of the molecule is CCCN(CC(=O)Nc1cc(C(C)(C)C)nn1-c1ccc(Cl)c(Cl)c1)C(=O)Nc1cccc(F)c1. The van der Waals surface area contributed by atoms with Crippen LogP contribution in [-0.2, 0) is 10.2 Å². The van der Waals surface area contributed by atoms with Crippen LogP contribution in [0.3, 0.4) is 0 Å². The highest BCUT2D eigenvalue weighted by Gasteiger charge is 2.23. The molecule has 186 valence electrons. The zero-order valence-corrected chi connectivity index (χ0v) is 21.5. The molecule has 0 radical (unpaired) electrons. The van der Waals surface area contributed by atoms with Gasteiger partial charge in [-0.05, 0) is 42.8 Å². The first-order valence-corrected chi connectivity index (χ1v) is 11.9. The normalized spacial score (nSPS) is 11.3. The number of hydrogen-bond donors (Lipinski definition) is 2. The number of anilines is 2. The minimum atomic E-state index is -0.499. The smallest absolute Gasteiger partial charge is 0.315 e. The van der Waals surface area contributed by atoms with E-state index in [1.165, 1.54) is 23.1 Å². The first-order chi connectivity index (χ1) is 16.5. The first-order valence-electron chi connectivity index (χ1n) is 11.1. The molecule has 35 heavy (non-hydrogen) atoms. The summed E-state index contributed by atoms with van der Waals surface area (Å²) in [6.07, 6.45) is 0.638. The van der Waals surface area contributed by atoms with E-state index >= 15 is 0 Å². The Morgan fingerprint density at radius 2 is 1.80 bits per heavy atom. The van der Waals surface area contributed by atoms with Crippen molar-refractivity contribution >= 4 is 46.6 Å². The molecular formula is C25H28Cl2FN5O2. The summed E-state index contributed by atoms with van der Waals surface area (Å²) in [6, 6.07) is 11.9. The van der Waals surface area contributed by atoms with Gasteiger partial charge in [0.05, 0.1) is 21.4 Å². The monoisotopic (exact) mass is 519 g/mol. The molecule has 1 aromatic heterocycles. The van der Waals surface area contributed by atoms with E-state index in [0.29, 0.717) is 40.2 Å². The highest BCUT2D eigenvalue weighted by atomic mass is 35.5. The first kappa shape index (κ1) is 26.5. The average Bonchev–Trinajstić information content (AvgIpc) is 3.19. The van der Waals surface area contributed by atoms with Gasteiger partial charge in [0.2, 0.25) is 5.91 Å². The highest BCUT2D eigenvalue weighted by molar-refractivity contribution is 6.42. The summed E-state index contributed by atoms with van der Waals surface area (Å²) in [5.41, 5.74) is 1.41. The fourth-order valence-corrected chi connectivity index (χ4v) is 3.59. The van der Waals surface area contributed by atoms with Gasteiger partial charge in [-0.15, -0.1) is 0 Å². The van der Waals surface area contributed by atoms with Crippen LogP contribution in [0.4, 0.5) is 20.7 Å². The predicted octanol–water partition coefficient (Wildman–Crippen LogP) is 6.50. The molecule has 10 heteroatoms. The summed E-state index contributed by atoms with van der Waals surface area (Å²) in [6.45, 7) is 8.08. The maximum absolute atomic E-state index is 13.5. The largest absolute Gasteiger partial charge is 0.322 e. The number of aromatic nitrogens is 2. The zero-order valence-electron chi connectivity index (χ0n) is 20.0. The Kier molecular flexibility index (Phi) is 8.40. The number of rotatable bonds is 7. The lowest BCUT2D eigenvalue weighted by Crippen LogP contribution is -2.41. The molecule has 0 atom stereocenters. The predicted molar refractivity (Wildman–Crippen MR) is 138 cm³/mol. The number of carbonyl (C=O) groups is 2. The molecule has 0 saturated carbocycles. The average molecular weight is 520 g/mol. The Labute approximate surface area is 214 Å². The lowest BCUT2D eigenvalue weighted by Gasteiger charge is -2.22. The molecule has 3 aromatic rings. The van der Waals surface area contributed by atoms with Gasteiger partial charge in [0, 0.05) is 23.7 Å². The van der Waals surface area contributed by atoms with Crippen LogP contribution >= 0.6 is 23.2 Å². The van der Waals surface area contributed by atoms with Gasteiger partial charge in [-0.1, -0.05) is 57.0 Å². The minimum absolute atomic E-state index is 0.202. The van der Waals surface area contributed by atoms with Crippen LogP contribution in [0, 0.1) is 5.82 Å². The second kappa shape index (κ2) is 11.1. The summed E-state index contributed by atoms with van der Waals surface area (Å²) in [4.78, 5) is 27.1. The van der Waals surface area contributed by atoms with Crippen molar-refractivity contribution in [3.05, 3.63) is 70.1 Å². The molecule has 0 fully saturated rings. The number of amides is 3. The molecule has 2 aromatic carbocycles. The van der Waals surface area contributed by atoms with Gasteiger partial charge in [0.1, 0.15) is 18.2 Å². The molecule has 0 saturated heterocycles. The van der Waals surface area contributed by atoms with Crippen LogP contribution in [0.15, 0.2) is 48.5 Å². The van der Waals surface area contributed by atoms with Crippen LogP contribution in [0.2, 0.25) is 10.0 Å². The van der Waals surface area contributed by atoms with Crippen molar-refractivity contribution in [1.82, 2.24) is 14.7 Å². The van der Waals surface area contributed by atoms with Crippen molar-refractivity contribution in [3.8, 4) is 5.69 Å². The van der Waals surface area contributed by atoms with Crippen LogP contribution in [-0.4, -0.2) is 39.7 Å². The zero-order chi connectivity index (χ0) is 25.8. The molecule has 3 rings (SSSR count). The number of benzene rings is 2. The van der Waals surface area contributed by atoms with Gasteiger partial charge in [-0.2, -0.15) is 5.10 Å². The quantitative estimate of drug-likeness (QED) is 0.373. The van der Waals surface area contributed by atoms with E-state index < -0.39 is 17.8 Å².